The fraction of sp³-hybridized carbons (Fsp3) is 0.933. The maximum Gasteiger partial charge on any atom is 0.110 e. The molecule has 2 atom stereocenters. The minimum atomic E-state index is -0.313. The summed E-state index contributed by atoms with van der Waals surface area (Å²) >= 11 is 0. The van der Waals surface area contributed by atoms with Gasteiger partial charge >= 0.3 is 0 Å². The molecule has 0 amide bonds. The Bertz CT molecular complexity index is 298. The average Bonchev–Trinajstić information content (AvgIpc) is 2.27. The summed E-state index contributed by atoms with van der Waals surface area (Å²) in [4.78, 5) is 2.16. The minimum absolute atomic E-state index is 0.196. The number of nitrogens with one attached hydrogen (secondary N) is 1. The lowest BCUT2D eigenvalue weighted by Crippen LogP contribution is -2.57. The highest BCUT2D eigenvalue weighted by Gasteiger charge is 2.46. The van der Waals surface area contributed by atoms with Gasteiger partial charge in [-0.15, -0.1) is 0 Å². The Balaban J connectivity index is 2.78. The van der Waals surface area contributed by atoms with Crippen LogP contribution in [0.15, 0.2) is 0 Å². The first-order valence-corrected chi connectivity index (χ1v) is 7.13. The van der Waals surface area contributed by atoms with Crippen molar-refractivity contribution in [2.75, 3.05) is 27.2 Å². The van der Waals surface area contributed by atoms with Crippen LogP contribution in [0.1, 0.15) is 46.5 Å². The highest BCUT2D eigenvalue weighted by atomic mass is 15.1. The molecule has 1 rings (SSSR count). The molecule has 0 bridgehead atoms. The largest absolute Gasteiger partial charge is 0.308 e. The van der Waals surface area contributed by atoms with E-state index in [1.165, 1.54) is 19.3 Å². The van der Waals surface area contributed by atoms with E-state index in [-0.39, 0.29) is 11.0 Å². The lowest BCUT2D eigenvalue weighted by molar-refractivity contribution is 0.0868. The van der Waals surface area contributed by atoms with Gasteiger partial charge in [0.1, 0.15) is 5.54 Å². The SMILES string of the molecule is CN(C)CCNC1(C#N)CCCCC1C(C)(C)C. The van der Waals surface area contributed by atoms with E-state index in [9.17, 15) is 5.26 Å². The summed E-state index contributed by atoms with van der Waals surface area (Å²) in [6.45, 7) is 8.68. The maximum absolute atomic E-state index is 9.71. The van der Waals surface area contributed by atoms with Gasteiger partial charge in [-0.3, -0.25) is 5.32 Å². The first-order valence-electron chi connectivity index (χ1n) is 7.13. The second-order valence-corrected chi connectivity index (χ2v) is 6.98. The number of rotatable bonds is 4. The molecular formula is C15H29N3. The number of hydrogen-bond acceptors (Lipinski definition) is 3. The molecule has 0 heterocycles. The van der Waals surface area contributed by atoms with Gasteiger partial charge in [0.05, 0.1) is 6.07 Å². The van der Waals surface area contributed by atoms with Crippen LogP contribution in [0.5, 0.6) is 0 Å². The molecule has 3 nitrogen and oxygen atoms in total. The predicted molar refractivity (Wildman–Crippen MR) is 76.3 cm³/mol. The molecular weight excluding hydrogens is 222 g/mol. The Kier molecular flexibility index (Phi) is 5.19. The van der Waals surface area contributed by atoms with Crippen molar-refractivity contribution in [1.29, 1.82) is 5.26 Å². The predicted octanol–water partition coefficient (Wildman–Crippen LogP) is 2.64. The van der Waals surface area contributed by atoms with E-state index in [4.69, 9.17) is 0 Å². The van der Waals surface area contributed by atoms with Crippen LogP contribution in [-0.4, -0.2) is 37.6 Å². The lowest BCUT2D eigenvalue weighted by Gasteiger charge is -2.46. The van der Waals surface area contributed by atoms with Crippen LogP contribution in [0.2, 0.25) is 0 Å². The molecule has 0 radical (unpaired) electrons. The summed E-state index contributed by atoms with van der Waals surface area (Å²) in [5, 5.41) is 13.3. The zero-order chi connectivity index (χ0) is 13.8. The third-order valence-electron chi connectivity index (χ3n) is 4.15. The van der Waals surface area contributed by atoms with Gasteiger partial charge in [-0.25, -0.2) is 0 Å². The molecule has 0 saturated heterocycles. The average molecular weight is 251 g/mol. The number of likely N-dealkylation sites (N-methyl/N-ethyl adjacent to an activating group) is 1. The van der Waals surface area contributed by atoms with Crippen LogP contribution in [0.3, 0.4) is 0 Å². The Morgan fingerprint density at radius 2 is 2.00 bits per heavy atom. The van der Waals surface area contributed by atoms with Crippen molar-refractivity contribution in [2.45, 2.75) is 52.0 Å². The first-order chi connectivity index (χ1) is 8.32. The van der Waals surface area contributed by atoms with Gasteiger partial charge in [0.15, 0.2) is 0 Å². The van der Waals surface area contributed by atoms with E-state index >= 15 is 0 Å². The molecule has 2 unspecified atom stereocenters. The monoisotopic (exact) mass is 251 g/mol. The second kappa shape index (κ2) is 6.04. The maximum atomic E-state index is 9.71. The molecule has 0 aliphatic heterocycles. The highest BCUT2D eigenvalue weighted by Crippen LogP contribution is 2.44. The summed E-state index contributed by atoms with van der Waals surface area (Å²) < 4.78 is 0. The third kappa shape index (κ3) is 3.70. The minimum Gasteiger partial charge on any atom is -0.308 e. The second-order valence-electron chi connectivity index (χ2n) is 6.98. The fourth-order valence-corrected chi connectivity index (χ4v) is 3.23. The van der Waals surface area contributed by atoms with Gasteiger partial charge in [-0.2, -0.15) is 5.26 Å². The number of nitriles is 1. The summed E-state index contributed by atoms with van der Waals surface area (Å²) in [7, 11) is 4.14. The smallest absolute Gasteiger partial charge is 0.110 e. The fourth-order valence-electron chi connectivity index (χ4n) is 3.23. The number of hydrogen-bond donors (Lipinski definition) is 1. The first kappa shape index (κ1) is 15.5. The van der Waals surface area contributed by atoms with Crippen molar-refractivity contribution in [3.8, 4) is 6.07 Å². The zero-order valence-electron chi connectivity index (χ0n) is 12.7. The van der Waals surface area contributed by atoms with Crippen LogP contribution in [-0.2, 0) is 0 Å². The van der Waals surface area contributed by atoms with Crippen molar-refractivity contribution >= 4 is 0 Å². The van der Waals surface area contributed by atoms with E-state index in [1.807, 2.05) is 0 Å². The Labute approximate surface area is 113 Å². The van der Waals surface area contributed by atoms with Gasteiger partial charge in [0.25, 0.3) is 0 Å². The van der Waals surface area contributed by atoms with Gasteiger partial charge in [-0.05, 0) is 38.3 Å². The van der Waals surface area contributed by atoms with Crippen LogP contribution < -0.4 is 5.32 Å². The normalized spacial score (nSPS) is 29.3. The molecule has 3 heteroatoms. The molecule has 0 aromatic heterocycles. The molecule has 1 fully saturated rings. The zero-order valence-corrected chi connectivity index (χ0v) is 12.7. The van der Waals surface area contributed by atoms with Gasteiger partial charge in [0.2, 0.25) is 0 Å². The van der Waals surface area contributed by atoms with E-state index in [0.717, 1.165) is 19.5 Å². The van der Waals surface area contributed by atoms with E-state index in [0.29, 0.717) is 5.92 Å². The highest BCUT2D eigenvalue weighted by molar-refractivity contribution is 5.14. The van der Waals surface area contributed by atoms with Crippen LogP contribution in [0.4, 0.5) is 0 Å². The van der Waals surface area contributed by atoms with Crippen LogP contribution >= 0.6 is 0 Å². The summed E-state index contributed by atoms with van der Waals surface area (Å²) in [5.41, 5.74) is -0.117. The summed E-state index contributed by atoms with van der Waals surface area (Å²) in [5.74, 6) is 0.450. The van der Waals surface area contributed by atoms with Gasteiger partial charge < -0.3 is 4.90 Å². The molecule has 1 N–H and O–H groups in total. The van der Waals surface area contributed by atoms with Crippen LogP contribution in [0.25, 0.3) is 0 Å². The number of nitrogens with zero attached hydrogens (tertiary/aromatic N) is 2. The molecule has 18 heavy (non-hydrogen) atoms. The standard InChI is InChI=1S/C15H29N3/c1-14(2,3)13-8-6-7-9-15(13,12-16)17-10-11-18(4)5/h13,17H,6-11H2,1-5H3. The molecule has 0 aromatic carbocycles. The van der Waals surface area contributed by atoms with Crippen molar-refractivity contribution in [3.05, 3.63) is 0 Å². The quantitative estimate of drug-likeness (QED) is 0.835. The molecule has 1 aliphatic rings. The van der Waals surface area contributed by atoms with Crippen molar-refractivity contribution in [3.63, 3.8) is 0 Å². The van der Waals surface area contributed by atoms with Crippen molar-refractivity contribution in [2.24, 2.45) is 11.3 Å². The third-order valence-corrected chi connectivity index (χ3v) is 4.15. The molecule has 104 valence electrons. The van der Waals surface area contributed by atoms with Crippen molar-refractivity contribution < 1.29 is 0 Å². The van der Waals surface area contributed by atoms with Crippen molar-refractivity contribution in [1.82, 2.24) is 10.2 Å². The summed E-state index contributed by atoms with van der Waals surface area (Å²) in [6.07, 6.45) is 4.61. The topological polar surface area (TPSA) is 39.1 Å². The molecule has 1 saturated carbocycles. The Hall–Kier alpha value is -0.590. The van der Waals surface area contributed by atoms with E-state index < -0.39 is 0 Å². The Morgan fingerprint density at radius 1 is 1.33 bits per heavy atom. The Morgan fingerprint density at radius 3 is 2.50 bits per heavy atom. The molecule has 0 spiro atoms. The lowest BCUT2D eigenvalue weighted by atomic mass is 9.62. The molecule has 1 aliphatic carbocycles. The van der Waals surface area contributed by atoms with E-state index in [1.54, 1.807) is 0 Å². The van der Waals surface area contributed by atoms with E-state index in [2.05, 4.69) is 51.2 Å². The van der Waals surface area contributed by atoms with Gasteiger partial charge in [0, 0.05) is 13.1 Å². The summed E-state index contributed by atoms with van der Waals surface area (Å²) in [6, 6.07) is 2.62. The molecule has 0 aromatic rings. The van der Waals surface area contributed by atoms with Crippen LogP contribution in [0, 0.1) is 22.7 Å². The van der Waals surface area contributed by atoms with Gasteiger partial charge in [-0.1, -0.05) is 33.6 Å².